The summed E-state index contributed by atoms with van der Waals surface area (Å²) in [4.78, 5) is 26.7. The first kappa shape index (κ1) is 23.1. The van der Waals surface area contributed by atoms with Crippen molar-refractivity contribution in [3.8, 4) is 11.9 Å². The number of rotatable bonds is 4. The first-order valence-electron chi connectivity index (χ1n) is 11.0. The number of nitriles is 1. The number of nitrogens with zero attached hydrogens (tertiary/aromatic N) is 6. The number of pyridine rings is 1. The first-order chi connectivity index (χ1) is 17.2. The number of alkyl halides is 3. The van der Waals surface area contributed by atoms with E-state index in [4.69, 9.17) is 5.73 Å². The van der Waals surface area contributed by atoms with Crippen LogP contribution in [0.1, 0.15) is 33.8 Å². The molecule has 1 unspecified atom stereocenters. The van der Waals surface area contributed by atoms with Gasteiger partial charge in [0.15, 0.2) is 12.0 Å². The maximum atomic E-state index is 12.9. The van der Waals surface area contributed by atoms with Gasteiger partial charge in [-0.3, -0.25) is 4.79 Å². The molecule has 1 amide bonds. The molecular formula is C24H19F3N8O. The highest BCUT2D eigenvalue weighted by molar-refractivity contribution is 6.04. The van der Waals surface area contributed by atoms with Gasteiger partial charge in [0.25, 0.3) is 5.91 Å². The smallest absolute Gasteiger partial charge is 0.382 e. The molecule has 0 spiro atoms. The number of halogens is 3. The monoisotopic (exact) mass is 492 g/mol. The molecule has 1 fully saturated rings. The molecule has 1 saturated heterocycles. The summed E-state index contributed by atoms with van der Waals surface area (Å²) in [7, 11) is 0. The third-order valence-electron chi connectivity index (χ3n) is 6.14. The van der Waals surface area contributed by atoms with E-state index in [1.165, 1.54) is 6.33 Å². The Hall–Kier alpha value is -4.66. The number of hydrogen-bond donors (Lipinski definition) is 2. The van der Waals surface area contributed by atoms with Crippen LogP contribution < -0.4 is 11.1 Å². The third kappa shape index (κ3) is 4.26. The van der Waals surface area contributed by atoms with Crippen LogP contribution in [0.4, 0.5) is 24.8 Å². The molecule has 0 radical (unpaired) electrons. The zero-order valence-electron chi connectivity index (χ0n) is 18.7. The zero-order valence-corrected chi connectivity index (χ0v) is 18.7. The van der Waals surface area contributed by atoms with E-state index in [1.54, 1.807) is 29.2 Å². The lowest BCUT2D eigenvalue weighted by molar-refractivity contribution is -0.137. The first-order valence-corrected chi connectivity index (χ1v) is 11.0. The van der Waals surface area contributed by atoms with Crippen LogP contribution in [0.2, 0.25) is 0 Å². The average molecular weight is 492 g/mol. The number of nitrogens with one attached hydrogen (secondary N) is 1. The highest BCUT2D eigenvalue weighted by atomic mass is 19.4. The number of carbonyl (C=O) groups excluding carboxylic acids is 1. The Bertz CT molecular complexity index is 1490. The fourth-order valence-corrected chi connectivity index (χ4v) is 4.35. The van der Waals surface area contributed by atoms with E-state index >= 15 is 0 Å². The molecule has 3 N–H and O–H groups in total. The Morgan fingerprint density at radius 1 is 1.17 bits per heavy atom. The lowest BCUT2D eigenvalue weighted by Crippen LogP contribution is -2.14. The molecule has 1 aliphatic rings. The van der Waals surface area contributed by atoms with Gasteiger partial charge >= 0.3 is 6.18 Å². The van der Waals surface area contributed by atoms with E-state index in [-0.39, 0.29) is 17.3 Å². The predicted octanol–water partition coefficient (Wildman–Crippen LogP) is 3.94. The van der Waals surface area contributed by atoms with Gasteiger partial charge in [0.05, 0.1) is 11.1 Å². The van der Waals surface area contributed by atoms with E-state index in [0.29, 0.717) is 35.6 Å². The number of amides is 1. The van der Waals surface area contributed by atoms with Crippen molar-refractivity contribution in [3.63, 3.8) is 0 Å². The van der Waals surface area contributed by atoms with Gasteiger partial charge in [-0.25, -0.2) is 15.0 Å². The van der Waals surface area contributed by atoms with Gasteiger partial charge in [0.1, 0.15) is 17.7 Å². The summed E-state index contributed by atoms with van der Waals surface area (Å²) in [6.45, 7) is 1.25. The Morgan fingerprint density at radius 2 is 1.94 bits per heavy atom. The van der Waals surface area contributed by atoms with Gasteiger partial charge in [-0.05, 0) is 42.8 Å². The van der Waals surface area contributed by atoms with Crippen molar-refractivity contribution in [2.75, 3.05) is 24.1 Å². The lowest BCUT2D eigenvalue weighted by Gasteiger charge is -2.10. The van der Waals surface area contributed by atoms with E-state index in [0.717, 1.165) is 30.3 Å². The van der Waals surface area contributed by atoms with Crippen molar-refractivity contribution >= 4 is 28.6 Å². The van der Waals surface area contributed by atoms with Gasteiger partial charge in [-0.2, -0.15) is 18.4 Å². The highest BCUT2D eigenvalue weighted by Gasteiger charge is 2.31. The predicted molar refractivity (Wildman–Crippen MR) is 125 cm³/mol. The van der Waals surface area contributed by atoms with E-state index < -0.39 is 17.6 Å². The van der Waals surface area contributed by atoms with Crippen LogP contribution in [-0.4, -0.2) is 43.4 Å². The maximum Gasteiger partial charge on any atom is 0.416 e. The Kier molecular flexibility index (Phi) is 5.68. The Balaban J connectivity index is 1.43. The maximum absolute atomic E-state index is 12.9. The van der Waals surface area contributed by atoms with Gasteiger partial charge in [0.2, 0.25) is 0 Å². The molecule has 4 heterocycles. The summed E-state index contributed by atoms with van der Waals surface area (Å²) in [6, 6.07) is 8.10. The average Bonchev–Trinajstić information content (AvgIpc) is 3.49. The minimum absolute atomic E-state index is 0.104. The molecule has 4 aromatic rings. The van der Waals surface area contributed by atoms with Gasteiger partial charge < -0.3 is 20.5 Å². The van der Waals surface area contributed by atoms with Crippen LogP contribution in [0.5, 0.6) is 0 Å². The molecule has 0 aliphatic carbocycles. The molecule has 1 atom stereocenters. The lowest BCUT2D eigenvalue weighted by atomic mass is 10.0. The fraction of sp³-hybridized carbons (Fsp3) is 0.208. The second-order valence-corrected chi connectivity index (χ2v) is 8.37. The van der Waals surface area contributed by atoms with Crippen LogP contribution in [-0.2, 0) is 6.18 Å². The number of anilines is 2. The number of nitrogens with two attached hydrogens (primary N) is 1. The summed E-state index contributed by atoms with van der Waals surface area (Å²) < 4.78 is 40.6. The van der Waals surface area contributed by atoms with E-state index in [1.807, 2.05) is 10.8 Å². The number of aromatic nitrogens is 4. The van der Waals surface area contributed by atoms with Crippen LogP contribution >= 0.6 is 0 Å². The molecule has 9 nitrogen and oxygen atoms in total. The molecule has 36 heavy (non-hydrogen) atoms. The number of hydrogen-bond acceptors (Lipinski definition) is 7. The van der Waals surface area contributed by atoms with Gasteiger partial charge in [-0.15, -0.1) is 0 Å². The molecule has 0 saturated carbocycles. The molecule has 1 aromatic carbocycles. The highest BCUT2D eigenvalue weighted by Crippen LogP contribution is 2.35. The quantitative estimate of drug-likeness (QED) is 0.413. The second kappa shape index (κ2) is 8.84. The summed E-state index contributed by atoms with van der Waals surface area (Å²) in [5.41, 5.74) is 8.47. The van der Waals surface area contributed by atoms with Crippen molar-refractivity contribution in [1.29, 1.82) is 5.26 Å². The minimum atomic E-state index is -4.54. The number of carbonyl (C=O) groups is 1. The second-order valence-electron chi connectivity index (χ2n) is 8.37. The van der Waals surface area contributed by atoms with E-state index in [2.05, 4.69) is 26.5 Å². The molecule has 3 aromatic heterocycles. The topological polar surface area (TPSA) is 126 Å². The standard InChI is InChI=1S/C24H19F3N8O/c25-24(26,27)16-5-7-30-19(9-16)33-23(36)14-1-3-17(4-2-14)35-11-18(15-6-8-34(10-15)12-28)20-21(35)22(29)32-13-31-20/h1-5,7,9,11,13,15H,6,8,10H2,(H2,29,31,32)(H,30,33,36). The molecule has 1 aliphatic heterocycles. The van der Waals surface area contributed by atoms with E-state index in [9.17, 15) is 23.2 Å². The Labute approximate surface area is 203 Å². The molecule has 12 heteroatoms. The third-order valence-corrected chi connectivity index (χ3v) is 6.14. The Morgan fingerprint density at radius 3 is 2.64 bits per heavy atom. The summed E-state index contributed by atoms with van der Waals surface area (Å²) in [6.07, 6.45) is 2.75. The number of benzene rings is 1. The normalized spacial score (nSPS) is 15.7. The van der Waals surface area contributed by atoms with Crippen LogP contribution in [0.25, 0.3) is 16.7 Å². The van der Waals surface area contributed by atoms with Crippen molar-refractivity contribution in [2.45, 2.75) is 18.5 Å². The number of fused-ring (bicyclic) bond motifs is 1. The molecular weight excluding hydrogens is 473 g/mol. The van der Waals surface area contributed by atoms with Crippen molar-refractivity contribution in [3.05, 3.63) is 71.8 Å². The number of nitrogen functional groups attached to an aromatic ring is 1. The number of likely N-dealkylation sites (tertiary alicyclic amines) is 1. The van der Waals surface area contributed by atoms with Crippen molar-refractivity contribution < 1.29 is 18.0 Å². The fourth-order valence-electron chi connectivity index (χ4n) is 4.35. The van der Waals surface area contributed by atoms with Crippen LogP contribution in [0.15, 0.2) is 55.1 Å². The van der Waals surface area contributed by atoms with Crippen molar-refractivity contribution in [2.24, 2.45) is 0 Å². The molecule has 0 bridgehead atoms. The molecule has 182 valence electrons. The van der Waals surface area contributed by atoms with Crippen LogP contribution in [0.3, 0.4) is 0 Å². The zero-order chi connectivity index (χ0) is 25.4. The summed E-state index contributed by atoms with van der Waals surface area (Å²) in [5, 5.41) is 11.6. The summed E-state index contributed by atoms with van der Waals surface area (Å²) in [5.74, 6) is -0.406. The molecule has 5 rings (SSSR count). The SMILES string of the molecule is N#CN1CCC(c2cn(-c3ccc(C(=O)Nc4cc(C(F)(F)F)ccn4)cc3)c3c(N)ncnc23)C1. The summed E-state index contributed by atoms with van der Waals surface area (Å²) >= 11 is 0. The van der Waals surface area contributed by atoms with Gasteiger partial charge in [0, 0.05) is 48.2 Å². The van der Waals surface area contributed by atoms with Crippen LogP contribution in [0, 0.1) is 11.5 Å². The van der Waals surface area contributed by atoms with Gasteiger partial charge in [-0.1, -0.05) is 0 Å². The van der Waals surface area contributed by atoms with Crippen molar-refractivity contribution in [1.82, 2.24) is 24.4 Å². The minimum Gasteiger partial charge on any atom is -0.382 e. The largest absolute Gasteiger partial charge is 0.416 e.